The van der Waals surface area contributed by atoms with Gasteiger partial charge in [0.2, 0.25) is 0 Å². The number of benzene rings is 1. The van der Waals surface area contributed by atoms with Gasteiger partial charge >= 0.3 is 0 Å². The molecular weight excluding hydrogens is 288 g/mol. The molecule has 3 aromatic rings. The number of hydrogen-bond acceptors (Lipinski definition) is 4. The van der Waals surface area contributed by atoms with Crippen LogP contribution in [-0.4, -0.2) is 35.0 Å². The molecule has 1 fully saturated rings. The van der Waals surface area contributed by atoms with E-state index in [1.807, 2.05) is 30.5 Å². The summed E-state index contributed by atoms with van der Waals surface area (Å²) in [6.45, 7) is 2.04. The molecule has 23 heavy (non-hydrogen) atoms. The molecule has 0 saturated carbocycles. The first-order valence-corrected chi connectivity index (χ1v) is 8.05. The quantitative estimate of drug-likeness (QED) is 0.808. The molecule has 1 N–H and O–H groups in total. The topological polar surface area (TPSA) is 52.0 Å². The Morgan fingerprint density at radius 2 is 2.22 bits per heavy atom. The van der Waals surface area contributed by atoms with E-state index in [1.54, 1.807) is 7.11 Å². The molecule has 0 radical (unpaired) electrons. The van der Waals surface area contributed by atoms with Gasteiger partial charge in [-0.15, -0.1) is 0 Å². The minimum Gasteiger partial charge on any atom is -0.497 e. The van der Waals surface area contributed by atoms with Crippen molar-refractivity contribution < 1.29 is 4.74 Å². The summed E-state index contributed by atoms with van der Waals surface area (Å²) in [7, 11) is 1.69. The third-order valence-corrected chi connectivity index (χ3v) is 4.43. The summed E-state index contributed by atoms with van der Waals surface area (Å²) in [6.07, 6.45) is 4.15. The Labute approximate surface area is 135 Å². The van der Waals surface area contributed by atoms with Crippen LogP contribution in [0.25, 0.3) is 22.3 Å². The molecule has 1 aliphatic rings. The van der Waals surface area contributed by atoms with Gasteiger partial charge in [0.15, 0.2) is 5.65 Å². The van der Waals surface area contributed by atoms with Crippen molar-refractivity contribution in [3.63, 3.8) is 0 Å². The van der Waals surface area contributed by atoms with Crippen molar-refractivity contribution >= 4 is 11.0 Å². The Bertz CT molecular complexity index is 821. The maximum Gasteiger partial charge on any atom is 0.158 e. The predicted molar refractivity (Wildman–Crippen MR) is 90.7 cm³/mol. The highest BCUT2D eigenvalue weighted by Gasteiger charge is 2.21. The molecular formula is C18H20N4O. The minimum atomic E-state index is 0.362. The standard InChI is InChI=1S/C18H20N4O/c1-23-15-7-2-5-13(11-15)17-16-8-4-10-20-18(16)22(21-17)14-6-3-9-19-12-14/h2,4-5,7-8,10-11,14,19H,3,6,9,12H2,1H3. The highest BCUT2D eigenvalue weighted by Crippen LogP contribution is 2.31. The van der Waals surface area contributed by atoms with Crippen LogP contribution in [0.4, 0.5) is 0 Å². The van der Waals surface area contributed by atoms with Crippen LogP contribution in [0.5, 0.6) is 5.75 Å². The van der Waals surface area contributed by atoms with Gasteiger partial charge in [-0.25, -0.2) is 9.67 Å². The molecule has 0 aliphatic carbocycles. The summed E-state index contributed by atoms with van der Waals surface area (Å²) in [5.74, 6) is 0.841. The van der Waals surface area contributed by atoms with Crippen LogP contribution in [0.2, 0.25) is 0 Å². The number of piperidine rings is 1. The third kappa shape index (κ3) is 2.57. The van der Waals surface area contributed by atoms with Crippen molar-refractivity contribution in [1.29, 1.82) is 0 Å². The zero-order valence-electron chi connectivity index (χ0n) is 13.2. The first-order valence-electron chi connectivity index (χ1n) is 8.05. The number of ether oxygens (including phenoxy) is 1. The molecule has 0 spiro atoms. The fraction of sp³-hybridized carbons (Fsp3) is 0.333. The van der Waals surface area contributed by atoms with Crippen LogP contribution < -0.4 is 10.1 Å². The highest BCUT2D eigenvalue weighted by atomic mass is 16.5. The number of aromatic nitrogens is 3. The maximum absolute atomic E-state index is 5.35. The summed E-state index contributed by atoms with van der Waals surface area (Å²) >= 11 is 0. The van der Waals surface area contributed by atoms with Crippen molar-refractivity contribution in [2.24, 2.45) is 0 Å². The van der Waals surface area contributed by atoms with Crippen molar-refractivity contribution in [2.75, 3.05) is 20.2 Å². The first kappa shape index (κ1) is 14.2. The van der Waals surface area contributed by atoms with Crippen LogP contribution in [0, 0.1) is 0 Å². The number of fused-ring (bicyclic) bond motifs is 1. The smallest absolute Gasteiger partial charge is 0.158 e. The Balaban J connectivity index is 1.86. The lowest BCUT2D eigenvalue weighted by Crippen LogP contribution is -2.32. The van der Waals surface area contributed by atoms with Gasteiger partial charge in [-0.2, -0.15) is 5.10 Å². The summed E-state index contributed by atoms with van der Waals surface area (Å²) in [5.41, 5.74) is 2.99. The van der Waals surface area contributed by atoms with Gasteiger partial charge in [0.05, 0.1) is 13.2 Å². The zero-order chi connectivity index (χ0) is 15.6. The first-order chi connectivity index (χ1) is 11.4. The Morgan fingerprint density at radius 1 is 1.26 bits per heavy atom. The van der Waals surface area contributed by atoms with Crippen LogP contribution >= 0.6 is 0 Å². The molecule has 1 aliphatic heterocycles. The number of rotatable bonds is 3. The van der Waals surface area contributed by atoms with E-state index in [1.165, 1.54) is 6.42 Å². The normalized spacial score (nSPS) is 18.2. The molecule has 5 nitrogen and oxygen atoms in total. The summed E-state index contributed by atoms with van der Waals surface area (Å²) < 4.78 is 7.44. The van der Waals surface area contributed by atoms with Crippen molar-refractivity contribution in [2.45, 2.75) is 18.9 Å². The largest absolute Gasteiger partial charge is 0.497 e. The Kier molecular flexibility index (Phi) is 3.71. The van der Waals surface area contributed by atoms with E-state index >= 15 is 0 Å². The van der Waals surface area contributed by atoms with Gasteiger partial charge in [0, 0.05) is 23.7 Å². The van der Waals surface area contributed by atoms with Crippen molar-refractivity contribution in [3.8, 4) is 17.0 Å². The van der Waals surface area contributed by atoms with Crippen LogP contribution in [0.15, 0.2) is 42.6 Å². The summed E-state index contributed by atoms with van der Waals surface area (Å²) in [6, 6.07) is 12.5. The Morgan fingerprint density at radius 3 is 3.04 bits per heavy atom. The summed E-state index contributed by atoms with van der Waals surface area (Å²) in [5, 5.41) is 9.46. The van der Waals surface area contributed by atoms with Crippen molar-refractivity contribution in [1.82, 2.24) is 20.1 Å². The average molecular weight is 308 g/mol. The van der Waals surface area contributed by atoms with E-state index in [0.29, 0.717) is 6.04 Å². The molecule has 1 aromatic carbocycles. The third-order valence-electron chi connectivity index (χ3n) is 4.43. The van der Waals surface area contributed by atoms with E-state index in [2.05, 4.69) is 27.1 Å². The van der Waals surface area contributed by atoms with Gasteiger partial charge in [-0.1, -0.05) is 12.1 Å². The van der Waals surface area contributed by atoms with Crippen LogP contribution in [-0.2, 0) is 0 Å². The fourth-order valence-electron chi connectivity index (χ4n) is 3.25. The van der Waals surface area contributed by atoms with E-state index in [4.69, 9.17) is 9.84 Å². The van der Waals surface area contributed by atoms with E-state index in [0.717, 1.165) is 47.6 Å². The molecule has 2 aromatic heterocycles. The van der Waals surface area contributed by atoms with Crippen molar-refractivity contribution in [3.05, 3.63) is 42.6 Å². The molecule has 1 saturated heterocycles. The van der Waals surface area contributed by atoms with E-state index < -0.39 is 0 Å². The number of nitrogens with one attached hydrogen (secondary N) is 1. The molecule has 0 amide bonds. The molecule has 1 atom stereocenters. The second-order valence-electron chi connectivity index (χ2n) is 5.90. The average Bonchev–Trinajstić information content (AvgIpc) is 3.02. The van der Waals surface area contributed by atoms with Gasteiger partial charge in [-0.3, -0.25) is 0 Å². The SMILES string of the molecule is COc1cccc(-c2nn(C3CCCNC3)c3ncccc23)c1. The predicted octanol–water partition coefficient (Wildman–Crippen LogP) is 3.03. The van der Waals surface area contributed by atoms with Gasteiger partial charge in [0.25, 0.3) is 0 Å². The molecule has 4 rings (SSSR count). The lowest BCUT2D eigenvalue weighted by Gasteiger charge is -2.23. The second-order valence-corrected chi connectivity index (χ2v) is 5.90. The highest BCUT2D eigenvalue weighted by molar-refractivity contribution is 5.91. The monoisotopic (exact) mass is 308 g/mol. The van der Waals surface area contributed by atoms with Gasteiger partial charge in [-0.05, 0) is 43.7 Å². The maximum atomic E-state index is 5.35. The number of pyridine rings is 1. The van der Waals surface area contributed by atoms with Gasteiger partial charge in [0.1, 0.15) is 11.4 Å². The second kappa shape index (κ2) is 6.01. The van der Waals surface area contributed by atoms with E-state index in [-0.39, 0.29) is 0 Å². The molecule has 1 unspecified atom stereocenters. The lowest BCUT2D eigenvalue weighted by atomic mass is 10.1. The number of methoxy groups -OCH3 is 1. The Hall–Kier alpha value is -2.40. The molecule has 3 heterocycles. The van der Waals surface area contributed by atoms with Crippen LogP contribution in [0.3, 0.4) is 0 Å². The molecule has 0 bridgehead atoms. The van der Waals surface area contributed by atoms with Gasteiger partial charge < -0.3 is 10.1 Å². The lowest BCUT2D eigenvalue weighted by molar-refractivity contribution is 0.354. The molecule has 5 heteroatoms. The number of nitrogens with zero attached hydrogens (tertiary/aromatic N) is 3. The van der Waals surface area contributed by atoms with Crippen LogP contribution in [0.1, 0.15) is 18.9 Å². The number of hydrogen-bond donors (Lipinski definition) is 1. The van der Waals surface area contributed by atoms with E-state index in [9.17, 15) is 0 Å². The zero-order valence-corrected chi connectivity index (χ0v) is 13.2. The fourth-order valence-corrected chi connectivity index (χ4v) is 3.25. The molecule has 118 valence electrons. The summed E-state index contributed by atoms with van der Waals surface area (Å²) in [4.78, 5) is 4.59. The minimum absolute atomic E-state index is 0.362.